The zero-order valence-corrected chi connectivity index (χ0v) is 15.2. The zero-order chi connectivity index (χ0) is 16.1. The smallest absolute Gasteiger partial charge is 0.255 e. The second-order valence-electron chi connectivity index (χ2n) is 5.35. The number of hydrogen-bond acceptors (Lipinski definition) is 4. The van der Waals surface area contributed by atoms with Crippen molar-refractivity contribution in [2.24, 2.45) is 5.73 Å². The molecule has 1 saturated heterocycles. The molecule has 2 unspecified atom stereocenters. The highest BCUT2D eigenvalue weighted by Gasteiger charge is 2.34. The lowest BCUT2D eigenvalue weighted by atomic mass is 10.1. The van der Waals surface area contributed by atoms with Crippen molar-refractivity contribution in [2.75, 3.05) is 18.2 Å². The topological polar surface area (TPSA) is 75.4 Å². The predicted octanol–water partition coefficient (Wildman–Crippen LogP) is 2.13. The van der Waals surface area contributed by atoms with Crippen LogP contribution in [0.4, 0.5) is 0 Å². The molecule has 1 aliphatic rings. The molecule has 0 bridgehead atoms. The number of nitrogens with zero attached hydrogens (tertiary/aromatic N) is 1. The van der Waals surface area contributed by atoms with Crippen molar-refractivity contribution in [3.8, 4) is 0 Å². The monoisotopic (exact) mass is 377 g/mol. The van der Waals surface area contributed by atoms with Gasteiger partial charge in [0.05, 0.1) is 5.88 Å². The van der Waals surface area contributed by atoms with Crippen LogP contribution in [-0.2, 0) is 4.79 Å². The second-order valence-corrected chi connectivity index (χ2v) is 6.79. The molecule has 1 aromatic rings. The highest BCUT2D eigenvalue weighted by molar-refractivity contribution is 7.99. The van der Waals surface area contributed by atoms with Gasteiger partial charge in [-0.2, -0.15) is 0 Å². The highest BCUT2D eigenvalue weighted by Crippen LogP contribution is 2.23. The van der Waals surface area contributed by atoms with E-state index in [1.54, 1.807) is 40.9 Å². The number of amides is 2. The Bertz CT molecular complexity index is 540. The van der Waals surface area contributed by atoms with Crippen molar-refractivity contribution in [1.29, 1.82) is 0 Å². The van der Waals surface area contributed by atoms with Crippen LogP contribution in [-0.4, -0.2) is 47.0 Å². The van der Waals surface area contributed by atoms with Crippen LogP contribution in [0.1, 0.15) is 23.7 Å². The number of nitrogens with one attached hydrogen (secondary N) is 1. The molecule has 0 radical (unpaired) electrons. The van der Waals surface area contributed by atoms with E-state index in [2.05, 4.69) is 5.32 Å². The number of benzene rings is 1. The maximum Gasteiger partial charge on any atom is 0.255 e. The number of nitrogens with two attached hydrogens (primary N) is 1. The lowest BCUT2D eigenvalue weighted by molar-refractivity contribution is -0.124. The van der Waals surface area contributed by atoms with E-state index in [9.17, 15) is 9.59 Å². The number of carbonyl (C=O) groups is 2. The van der Waals surface area contributed by atoms with Crippen molar-refractivity contribution in [3.05, 3.63) is 34.9 Å². The molecule has 0 aliphatic carbocycles. The third-order valence-electron chi connectivity index (χ3n) is 3.44. The number of halogens is 2. The maximum atomic E-state index is 12.5. The van der Waals surface area contributed by atoms with Gasteiger partial charge in [0.25, 0.3) is 5.91 Å². The summed E-state index contributed by atoms with van der Waals surface area (Å²) in [7, 11) is 0. The van der Waals surface area contributed by atoms with Gasteiger partial charge in [0.2, 0.25) is 5.91 Å². The Hall–Kier alpha value is -0.950. The SMILES string of the molecule is CC(N)CCNC(=O)C1CSCN1C(=O)c1ccc(Cl)cc1.Cl. The standard InChI is InChI=1S/C15H20ClN3O2S.ClH/c1-10(17)6-7-18-14(20)13-8-22-9-19(13)15(21)11-2-4-12(16)5-3-11;/h2-5,10,13H,6-9,17H2,1H3,(H,18,20);1H. The minimum absolute atomic E-state index is 0. The molecule has 0 aromatic heterocycles. The molecule has 3 N–H and O–H groups in total. The normalized spacial score (nSPS) is 18.2. The van der Waals surface area contributed by atoms with Crippen molar-refractivity contribution in [3.63, 3.8) is 0 Å². The Morgan fingerprint density at radius 1 is 1.43 bits per heavy atom. The molecule has 1 aliphatic heterocycles. The van der Waals surface area contributed by atoms with E-state index in [4.69, 9.17) is 17.3 Å². The third-order valence-corrected chi connectivity index (χ3v) is 4.70. The van der Waals surface area contributed by atoms with Crippen LogP contribution in [0, 0.1) is 0 Å². The van der Waals surface area contributed by atoms with Crippen LogP contribution in [0.3, 0.4) is 0 Å². The fourth-order valence-electron chi connectivity index (χ4n) is 2.16. The summed E-state index contributed by atoms with van der Waals surface area (Å²) in [6.45, 7) is 2.43. The van der Waals surface area contributed by atoms with E-state index in [-0.39, 0.29) is 30.3 Å². The molecule has 2 atom stereocenters. The van der Waals surface area contributed by atoms with Gasteiger partial charge in [-0.1, -0.05) is 11.6 Å². The fraction of sp³-hybridized carbons (Fsp3) is 0.467. The molecule has 5 nitrogen and oxygen atoms in total. The Morgan fingerprint density at radius 2 is 2.09 bits per heavy atom. The molecular weight excluding hydrogens is 357 g/mol. The quantitative estimate of drug-likeness (QED) is 0.823. The van der Waals surface area contributed by atoms with Gasteiger partial charge in [-0.15, -0.1) is 24.2 Å². The molecule has 1 fully saturated rings. The van der Waals surface area contributed by atoms with Crippen molar-refractivity contribution >= 4 is 47.6 Å². The minimum Gasteiger partial charge on any atom is -0.354 e. The van der Waals surface area contributed by atoms with Crippen LogP contribution in [0.25, 0.3) is 0 Å². The van der Waals surface area contributed by atoms with Gasteiger partial charge in [0.15, 0.2) is 0 Å². The van der Waals surface area contributed by atoms with Crippen LogP contribution in [0.15, 0.2) is 24.3 Å². The van der Waals surface area contributed by atoms with Crippen LogP contribution < -0.4 is 11.1 Å². The molecule has 0 spiro atoms. The van der Waals surface area contributed by atoms with Crippen molar-refractivity contribution in [2.45, 2.75) is 25.4 Å². The van der Waals surface area contributed by atoms with E-state index < -0.39 is 6.04 Å². The van der Waals surface area contributed by atoms with Crippen molar-refractivity contribution < 1.29 is 9.59 Å². The largest absolute Gasteiger partial charge is 0.354 e. The first-order valence-electron chi connectivity index (χ1n) is 7.16. The van der Waals surface area contributed by atoms with Gasteiger partial charge in [-0.3, -0.25) is 9.59 Å². The fourth-order valence-corrected chi connectivity index (χ4v) is 3.44. The average Bonchev–Trinajstić information content (AvgIpc) is 2.96. The minimum atomic E-state index is -0.429. The van der Waals surface area contributed by atoms with E-state index in [1.807, 2.05) is 6.92 Å². The zero-order valence-electron chi connectivity index (χ0n) is 12.8. The molecule has 128 valence electrons. The Morgan fingerprint density at radius 3 is 2.70 bits per heavy atom. The van der Waals surface area contributed by atoms with Gasteiger partial charge < -0.3 is 16.0 Å². The summed E-state index contributed by atoms with van der Waals surface area (Å²) in [5, 5.41) is 3.44. The molecule has 8 heteroatoms. The Labute approximate surface area is 151 Å². The second kappa shape index (κ2) is 9.37. The highest BCUT2D eigenvalue weighted by atomic mass is 35.5. The Balaban J connectivity index is 0.00000264. The summed E-state index contributed by atoms with van der Waals surface area (Å²) in [6.07, 6.45) is 0.719. The van der Waals surface area contributed by atoms with Gasteiger partial charge in [0, 0.05) is 28.9 Å². The summed E-state index contributed by atoms with van der Waals surface area (Å²) < 4.78 is 0. The molecule has 23 heavy (non-hydrogen) atoms. The van der Waals surface area contributed by atoms with Gasteiger partial charge in [-0.25, -0.2) is 0 Å². The molecule has 2 amide bonds. The van der Waals surface area contributed by atoms with E-state index in [0.717, 1.165) is 6.42 Å². The summed E-state index contributed by atoms with van der Waals surface area (Å²) in [5.41, 5.74) is 6.21. The maximum absolute atomic E-state index is 12.5. The van der Waals surface area contributed by atoms with Gasteiger partial charge >= 0.3 is 0 Å². The van der Waals surface area contributed by atoms with Crippen LogP contribution in [0.5, 0.6) is 0 Å². The number of rotatable bonds is 5. The Kier molecular flexibility index (Phi) is 8.19. The number of thioether (sulfide) groups is 1. The number of carbonyl (C=O) groups excluding carboxylic acids is 2. The first kappa shape index (κ1) is 20.1. The first-order chi connectivity index (χ1) is 10.5. The van der Waals surface area contributed by atoms with E-state index in [1.165, 1.54) is 0 Å². The summed E-state index contributed by atoms with van der Waals surface area (Å²) in [5.74, 6) is 0.873. The van der Waals surface area contributed by atoms with E-state index >= 15 is 0 Å². The lowest BCUT2D eigenvalue weighted by Crippen LogP contribution is -2.47. The van der Waals surface area contributed by atoms with E-state index in [0.29, 0.717) is 28.8 Å². The van der Waals surface area contributed by atoms with Crippen LogP contribution in [0.2, 0.25) is 5.02 Å². The predicted molar refractivity (Wildman–Crippen MR) is 97.3 cm³/mol. The molecular formula is C15H21Cl2N3O2S. The van der Waals surface area contributed by atoms with Gasteiger partial charge in [0.1, 0.15) is 6.04 Å². The average molecular weight is 378 g/mol. The summed E-state index contributed by atoms with van der Waals surface area (Å²) in [4.78, 5) is 26.4. The summed E-state index contributed by atoms with van der Waals surface area (Å²) in [6, 6.07) is 6.33. The van der Waals surface area contributed by atoms with Crippen molar-refractivity contribution in [1.82, 2.24) is 10.2 Å². The lowest BCUT2D eigenvalue weighted by Gasteiger charge is -2.23. The first-order valence-corrected chi connectivity index (χ1v) is 8.70. The molecule has 1 heterocycles. The summed E-state index contributed by atoms with van der Waals surface area (Å²) >= 11 is 7.41. The third kappa shape index (κ3) is 5.57. The van der Waals surface area contributed by atoms with Crippen LogP contribution >= 0.6 is 35.8 Å². The molecule has 0 saturated carbocycles. The number of hydrogen-bond donors (Lipinski definition) is 2. The molecule has 2 rings (SSSR count). The molecule has 1 aromatic carbocycles. The van der Waals surface area contributed by atoms with Gasteiger partial charge in [-0.05, 0) is 37.6 Å².